The number of nitrogens with two attached hydrogens (primary N) is 1. The van der Waals surface area contributed by atoms with E-state index in [4.69, 9.17) is 10.5 Å². The van der Waals surface area contributed by atoms with Crippen molar-refractivity contribution in [2.75, 3.05) is 0 Å². The topological polar surface area (TPSA) is 61.0 Å². The molecule has 2 aromatic heterocycles. The summed E-state index contributed by atoms with van der Waals surface area (Å²) in [6.07, 6.45) is 3.51. The van der Waals surface area contributed by atoms with Crippen LogP contribution in [0.3, 0.4) is 0 Å². The highest BCUT2D eigenvalue weighted by atomic mass is 16.5. The second-order valence-corrected chi connectivity index (χ2v) is 3.77. The fourth-order valence-electron chi connectivity index (χ4n) is 1.48. The Labute approximate surface area is 100 Å². The van der Waals surface area contributed by atoms with Gasteiger partial charge in [0.2, 0.25) is 5.88 Å². The Kier molecular flexibility index (Phi) is 3.67. The fourth-order valence-corrected chi connectivity index (χ4v) is 1.48. The van der Waals surface area contributed by atoms with Crippen LogP contribution in [0.2, 0.25) is 0 Å². The van der Waals surface area contributed by atoms with Gasteiger partial charge in [-0.15, -0.1) is 0 Å². The van der Waals surface area contributed by atoms with Gasteiger partial charge in [-0.3, -0.25) is 4.98 Å². The van der Waals surface area contributed by atoms with E-state index in [1.165, 1.54) is 0 Å². The van der Waals surface area contributed by atoms with Gasteiger partial charge < -0.3 is 10.5 Å². The normalized spacial score (nSPS) is 10.2. The predicted molar refractivity (Wildman–Crippen MR) is 65.4 cm³/mol. The summed E-state index contributed by atoms with van der Waals surface area (Å²) in [7, 11) is 0. The van der Waals surface area contributed by atoms with Crippen LogP contribution in [-0.4, -0.2) is 9.97 Å². The third kappa shape index (κ3) is 3.01. The second-order valence-electron chi connectivity index (χ2n) is 3.77. The van der Waals surface area contributed by atoms with Crippen molar-refractivity contribution in [3.8, 4) is 5.88 Å². The van der Waals surface area contributed by atoms with Crippen LogP contribution in [0.25, 0.3) is 0 Å². The molecule has 0 aliphatic carbocycles. The number of hydrogen-bond acceptors (Lipinski definition) is 4. The van der Waals surface area contributed by atoms with Gasteiger partial charge in [0.1, 0.15) is 6.61 Å². The molecular formula is C13H15N3O. The zero-order valence-corrected chi connectivity index (χ0v) is 9.76. The third-order valence-corrected chi connectivity index (χ3v) is 2.40. The van der Waals surface area contributed by atoms with Crippen LogP contribution in [0.5, 0.6) is 5.88 Å². The van der Waals surface area contributed by atoms with E-state index in [9.17, 15) is 0 Å². The first-order valence-corrected chi connectivity index (χ1v) is 5.48. The number of aromatic nitrogens is 2. The van der Waals surface area contributed by atoms with Crippen LogP contribution in [0, 0.1) is 6.92 Å². The van der Waals surface area contributed by atoms with Crippen LogP contribution in [0.15, 0.2) is 36.7 Å². The maximum atomic E-state index is 5.66. The Morgan fingerprint density at radius 2 is 2.18 bits per heavy atom. The first-order chi connectivity index (χ1) is 8.29. The van der Waals surface area contributed by atoms with E-state index < -0.39 is 0 Å². The molecule has 17 heavy (non-hydrogen) atoms. The van der Waals surface area contributed by atoms with Crippen LogP contribution >= 0.6 is 0 Å². The molecule has 88 valence electrons. The average molecular weight is 229 g/mol. The summed E-state index contributed by atoms with van der Waals surface area (Å²) in [6, 6.07) is 7.72. The lowest BCUT2D eigenvalue weighted by atomic mass is 10.2. The van der Waals surface area contributed by atoms with Gasteiger partial charge in [0.05, 0.1) is 0 Å². The fraction of sp³-hybridized carbons (Fsp3) is 0.231. The smallest absolute Gasteiger partial charge is 0.218 e. The van der Waals surface area contributed by atoms with Crippen molar-refractivity contribution in [2.24, 2.45) is 5.73 Å². The summed E-state index contributed by atoms with van der Waals surface area (Å²) < 4.78 is 5.66. The van der Waals surface area contributed by atoms with Gasteiger partial charge in [-0.25, -0.2) is 4.98 Å². The summed E-state index contributed by atoms with van der Waals surface area (Å²) in [4.78, 5) is 8.37. The standard InChI is InChI=1S/C13H15N3O/c1-10-4-5-12(7-14)13(16-10)17-9-11-3-2-6-15-8-11/h2-6,8H,7,9,14H2,1H3. The highest BCUT2D eigenvalue weighted by Crippen LogP contribution is 2.16. The van der Waals surface area contributed by atoms with Gasteiger partial charge in [0.25, 0.3) is 0 Å². The number of rotatable bonds is 4. The van der Waals surface area contributed by atoms with E-state index in [0.29, 0.717) is 19.0 Å². The minimum Gasteiger partial charge on any atom is -0.472 e. The lowest BCUT2D eigenvalue weighted by Crippen LogP contribution is -2.05. The molecule has 2 aromatic rings. The van der Waals surface area contributed by atoms with E-state index in [0.717, 1.165) is 16.8 Å². The van der Waals surface area contributed by atoms with Crippen LogP contribution in [0.1, 0.15) is 16.8 Å². The SMILES string of the molecule is Cc1ccc(CN)c(OCc2cccnc2)n1. The Morgan fingerprint density at radius 3 is 2.88 bits per heavy atom. The van der Waals surface area contributed by atoms with Gasteiger partial charge in [0, 0.05) is 35.8 Å². The van der Waals surface area contributed by atoms with Crippen molar-refractivity contribution in [2.45, 2.75) is 20.1 Å². The van der Waals surface area contributed by atoms with Crippen molar-refractivity contribution in [1.29, 1.82) is 0 Å². The number of pyridine rings is 2. The number of ether oxygens (including phenoxy) is 1. The molecule has 0 atom stereocenters. The summed E-state index contributed by atoms with van der Waals surface area (Å²) in [5.74, 6) is 0.608. The minimum absolute atomic E-state index is 0.426. The molecule has 4 nitrogen and oxygen atoms in total. The maximum Gasteiger partial charge on any atom is 0.218 e. The molecule has 2 N–H and O–H groups in total. The highest BCUT2D eigenvalue weighted by Gasteiger charge is 2.04. The molecule has 0 unspecified atom stereocenters. The molecule has 4 heteroatoms. The van der Waals surface area contributed by atoms with Crippen LogP contribution < -0.4 is 10.5 Å². The molecule has 0 spiro atoms. The summed E-state index contributed by atoms with van der Waals surface area (Å²) in [6.45, 7) is 2.81. The van der Waals surface area contributed by atoms with E-state index in [-0.39, 0.29) is 0 Å². The molecule has 0 radical (unpaired) electrons. The van der Waals surface area contributed by atoms with Crippen LogP contribution in [0.4, 0.5) is 0 Å². The predicted octanol–water partition coefficient (Wildman–Crippen LogP) is 1.82. The van der Waals surface area contributed by atoms with Gasteiger partial charge in [-0.05, 0) is 19.1 Å². The van der Waals surface area contributed by atoms with Crippen LogP contribution in [-0.2, 0) is 13.2 Å². The molecule has 0 saturated heterocycles. The molecule has 0 aromatic carbocycles. The lowest BCUT2D eigenvalue weighted by molar-refractivity contribution is 0.289. The second kappa shape index (κ2) is 5.41. The number of nitrogens with zero attached hydrogens (tertiary/aromatic N) is 2. The molecule has 0 bridgehead atoms. The number of hydrogen-bond donors (Lipinski definition) is 1. The molecule has 2 heterocycles. The van der Waals surface area contributed by atoms with E-state index in [2.05, 4.69) is 9.97 Å². The van der Waals surface area contributed by atoms with Gasteiger partial charge in [0.15, 0.2) is 0 Å². The zero-order valence-electron chi connectivity index (χ0n) is 9.76. The van der Waals surface area contributed by atoms with Crippen molar-refractivity contribution in [3.05, 3.63) is 53.5 Å². The van der Waals surface area contributed by atoms with Crippen molar-refractivity contribution in [3.63, 3.8) is 0 Å². The summed E-state index contributed by atoms with van der Waals surface area (Å²) in [5, 5.41) is 0. The molecule has 0 aliphatic heterocycles. The number of aryl methyl sites for hydroxylation is 1. The van der Waals surface area contributed by atoms with Gasteiger partial charge in [-0.2, -0.15) is 0 Å². The van der Waals surface area contributed by atoms with Crippen molar-refractivity contribution >= 4 is 0 Å². The first-order valence-electron chi connectivity index (χ1n) is 5.48. The lowest BCUT2D eigenvalue weighted by Gasteiger charge is -2.09. The maximum absolute atomic E-state index is 5.66. The van der Waals surface area contributed by atoms with Crippen molar-refractivity contribution < 1.29 is 4.74 Å². The summed E-state index contributed by atoms with van der Waals surface area (Å²) >= 11 is 0. The average Bonchev–Trinajstić information content (AvgIpc) is 2.38. The molecule has 0 amide bonds. The molecular weight excluding hydrogens is 214 g/mol. The molecule has 0 aliphatic rings. The summed E-state index contributed by atoms with van der Waals surface area (Å²) in [5.41, 5.74) is 8.49. The largest absolute Gasteiger partial charge is 0.472 e. The third-order valence-electron chi connectivity index (χ3n) is 2.40. The first kappa shape index (κ1) is 11.5. The molecule has 0 saturated carbocycles. The Bertz CT molecular complexity index is 485. The van der Waals surface area contributed by atoms with Crippen molar-refractivity contribution in [1.82, 2.24) is 9.97 Å². The Morgan fingerprint density at radius 1 is 1.29 bits per heavy atom. The Balaban J connectivity index is 2.11. The zero-order chi connectivity index (χ0) is 12.1. The quantitative estimate of drug-likeness (QED) is 0.868. The van der Waals surface area contributed by atoms with E-state index in [1.54, 1.807) is 12.4 Å². The van der Waals surface area contributed by atoms with Gasteiger partial charge in [-0.1, -0.05) is 12.1 Å². The van der Waals surface area contributed by atoms with E-state index >= 15 is 0 Å². The molecule has 0 fully saturated rings. The minimum atomic E-state index is 0.426. The highest BCUT2D eigenvalue weighted by molar-refractivity contribution is 5.28. The van der Waals surface area contributed by atoms with E-state index in [1.807, 2.05) is 31.2 Å². The van der Waals surface area contributed by atoms with Gasteiger partial charge >= 0.3 is 0 Å². The Hall–Kier alpha value is -1.94. The monoisotopic (exact) mass is 229 g/mol. The molecule has 2 rings (SSSR count).